The zero-order valence-electron chi connectivity index (χ0n) is 28.6. The number of rotatable bonds is 6. The molecule has 0 aliphatic heterocycles. The van der Waals surface area contributed by atoms with E-state index in [9.17, 15) is 0 Å². The molecule has 246 valence electrons. The minimum Gasteiger partial charge on any atom is -0.354 e. The summed E-state index contributed by atoms with van der Waals surface area (Å²) in [6, 6.07) is 64.2. The summed E-state index contributed by atoms with van der Waals surface area (Å²) in [5, 5.41) is 7.86. The highest BCUT2D eigenvalue weighted by Gasteiger charge is 2.41. The molecule has 0 unspecified atom stereocenters. The molecule has 2 heterocycles. The van der Waals surface area contributed by atoms with Crippen LogP contribution in [0.3, 0.4) is 0 Å². The van der Waals surface area contributed by atoms with Gasteiger partial charge < -0.3 is 4.98 Å². The molecule has 1 aliphatic rings. The van der Waals surface area contributed by atoms with Gasteiger partial charge in [-0.25, -0.2) is 9.97 Å². The first-order chi connectivity index (χ1) is 25.8. The monoisotopic (exact) mass is 681 g/mol. The van der Waals surface area contributed by atoms with Gasteiger partial charge in [0.25, 0.3) is 0 Å². The third kappa shape index (κ3) is 4.79. The largest absolute Gasteiger partial charge is 0.354 e. The lowest BCUT2D eigenvalue weighted by Crippen LogP contribution is -2.74. The molecular weight excluding hydrogens is 647 g/mol. The topological polar surface area (TPSA) is 41.6 Å². The van der Waals surface area contributed by atoms with Crippen molar-refractivity contribution in [2.75, 3.05) is 0 Å². The molecule has 10 rings (SSSR count). The Bertz CT molecular complexity index is 2640. The summed E-state index contributed by atoms with van der Waals surface area (Å²) in [5.41, 5.74) is 10.7. The quantitative estimate of drug-likeness (QED) is 0.141. The molecule has 0 radical (unpaired) electrons. The predicted molar refractivity (Wildman–Crippen MR) is 219 cm³/mol. The molecule has 9 aromatic rings. The van der Waals surface area contributed by atoms with Crippen molar-refractivity contribution in [3.63, 3.8) is 0 Å². The van der Waals surface area contributed by atoms with Crippen LogP contribution in [0.15, 0.2) is 182 Å². The molecule has 0 amide bonds. The number of para-hydroxylation sites is 1. The summed E-state index contributed by atoms with van der Waals surface area (Å²) >= 11 is 0. The number of fused-ring (bicyclic) bond motifs is 7. The minimum atomic E-state index is -2.68. The first-order valence-corrected chi connectivity index (χ1v) is 20.0. The van der Waals surface area contributed by atoms with E-state index in [2.05, 4.69) is 175 Å². The molecule has 0 saturated heterocycles. The van der Waals surface area contributed by atoms with Crippen LogP contribution in [0.25, 0.3) is 55.6 Å². The highest BCUT2D eigenvalue weighted by molar-refractivity contribution is 7.19. The van der Waals surface area contributed by atoms with Gasteiger partial charge >= 0.3 is 0 Å². The number of benzene rings is 7. The van der Waals surface area contributed by atoms with Crippen LogP contribution >= 0.6 is 0 Å². The average Bonchev–Trinajstić information content (AvgIpc) is 3.62. The second-order valence-electron chi connectivity index (χ2n) is 13.7. The molecule has 52 heavy (non-hydrogen) atoms. The lowest BCUT2D eigenvalue weighted by atomic mass is 9.83. The van der Waals surface area contributed by atoms with Crippen LogP contribution in [0.1, 0.15) is 11.1 Å². The third-order valence-electron chi connectivity index (χ3n) is 10.9. The summed E-state index contributed by atoms with van der Waals surface area (Å²) in [4.78, 5) is 13.9. The fourth-order valence-corrected chi connectivity index (χ4v) is 13.4. The van der Waals surface area contributed by atoms with Crippen LogP contribution in [0.5, 0.6) is 0 Å². The maximum absolute atomic E-state index is 5.28. The Hall–Kier alpha value is -6.36. The van der Waals surface area contributed by atoms with E-state index >= 15 is 0 Å². The Labute approximate surface area is 304 Å². The summed E-state index contributed by atoms with van der Waals surface area (Å²) < 4.78 is 0. The lowest BCUT2D eigenvalue weighted by Gasteiger charge is -2.34. The maximum Gasteiger partial charge on any atom is 0.179 e. The van der Waals surface area contributed by atoms with E-state index in [1.165, 1.54) is 53.8 Å². The van der Waals surface area contributed by atoms with Gasteiger partial charge in [-0.1, -0.05) is 158 Å². The van der Waals surface area contributed by atoms with Gasteiger partial charge in [0.1, 0.15) is 0 Å². The van der Waals surface area contributed by atoms with E-state index < -0.39 is 8.07 Å². The van der Waals surface area contributed by atoms with Crippen LogP contribution in [-0.2, 0) is 12.8 Å². The number of nitrogens with zero attached hydrogens (tertiary/aromatic N) is 2. The van der Waals surface area contributed by atoms with Crippen LogP contribution in [-0.4, -0.2) is 23.0 Å². The second kappa shape index (κ2) is 12.4. The van der Waals surface area contributed by atoms with Gasteiger partial charge in [-0.05, 0) is 74.0 Å². The molecule has 1 N–H and O–H groups in total. The molecule has 7 aromatic carbocycles. The van der Waals surface area contributed by atoms with Crippen molar-refractivity contribution < 1.29 is 0 Å². The summed E-state index contributed by atoms with van der Waals surface area (Å²) in [6.45, 7) is 0. The van der Waals surface area contributed by atoms with Crippen LogP contribution < -0.4 is 20.7 Å². The zero-order chi connectivity index (χ0) is 34.5. The molecular formula is C48H35N3Si. The standard InChI is InChI=1S/C48H35N3Si/c1-4-16-36(17-5-1)52(37-18-6-2-7-19-37,38-20-8-3-9-21-38)39-22-12-15-35(32-39)43-30-31-49-48(51-43)42-25-13-24-41-46-44(50-47(41)42)29-28-34-27-26-33-14-10-11-23-40(33)45(34)46/h1-25,28-32,50H,26-27H2. The smallest absolute Gasteiger partial charge is 0.179 e. The van der Waals surface area contributed by atoms with Crippen molar-refractivity contribution in [2.45, 2.75) is 12.8 Å². The van der Waals surface area contributed by atoms with Gasteiger partial charge in [-0.15, -0.1) is 0 Å². The number of aromatic amines is 1. The first kappa shape index (κ1) is 30.5. The lowest BCUT2D eigenvalue weighted by molar-refractivity contribution is 0.945. The number of hydrogen-bond donors (Lipinski definition) is 1. The minimum absolute atomic E-state index is 0.715. The van der Waals surface area contributed by atoms with Crippen molar-refractivity contribution >= 4 is 50.6 Å². The van der Waals surface area contributed by atoms with Crippen LogP contribution in [0.4, 0.5) is 0 Å². The molecule has 4 heteroatoms. The molecule has 0 atom stereocenters. The Morgan fingerprint density at radius 3 is 1.85 bits per heavy atom. The zero-order valence-corrected chi connectivity index (χ0v) is 29.6. The van der Waals surface area contributed by atoms with E-state index in [0.29, 0.717) is 5.82 Å². The van der Waals surface area contributed by atoms with Gasteiger partial charge in [0.05, 0.1) is 11.2 Å². The molecule has 2 aromatic heterocycles. The normalized spacial score (nSPS) is 12.5. The highest BCUT2D eigenvalue weighted by Crippen LogP contribution is 2.43. The highest BCUT2D eigenvalue weighted by atomic mass is 28.3. The molecule has 3 nitrogen and oxygen atoms in total. The maximum atomic E-state index is 5.28. The third-order valence-corrected chi connectivity index (χ3v) is 15.7. The van der Waals surface area contributed by atoms with Gasteiger partial charge in [-0.3, -0.25) is 0 Å². The summed E-state index contributed by atoms with van der Waals surface area (Å²) in [6.07, 6.45) is 4.04. The Kier molecular flexibility index (Phi) is 7.29. The molecule has 0 fully saturated rings. The summed E-state index contributed by atoms with van der Waals surface area (Å²) in [7, 11) is -2.68. The molecule has 0 saturated carbocycles. The van der Waals surface area contributed by atoms with E-state index in [1.807, 2.05) is 12.3 Å². The van der Waals surface area contributed by atoms with Gasteiger partial charge in [0, 0.05) is 33.6 Å². The van der Waals surface area contributed by atoms with Gasteiger partial charge in [-0.2, -0.15) is 0 Å². The SMILES string of the molecule is c1ccc([Si](c2ccccc2)(c2ccccc2)c2cccc(-c3ccnc(-c4cccc5c4[nH]c4ccc6c(c45)-c4ccccc4CC6)n3)c2)cc1. The van der Waals surface area contributed by atoms with Gasteiger partial charge in [0.15, 0.2) is 13.9 Å². The number of hydrogen-bond acceptors (Lipinski definition) is 2. The van der Waals surface area contributed by atoms with E-state index in [4.69, 9.17) is 9.97 Å². The number of aromatic nitrogens is 3. The number of aryl methyl sites for hydroxylation is 2. The predicted octanol–water partition coefficient (Wildman–Crippen LogP) is 8.59. The van der Waals surface area contributed by atoms with E-state index in [0.717, 1.165) is 40.7 Å². The van der Waals surface area contributed by atoms with Crippen molar-refractivity contribution in [1.82, 2.24) is 15.0 Å². The van der Waals surface area contributed by atoms with Crippen molar-refractivity contribution in [1.29, 1.82) is 0 Å². The van der Waals surface area contributed by atoms with Crippen LogP contribution in [0.2, 0.25) is 0 Å². The molecule has 0 spiro atoms. The van der Waals surface area contributed by atoms with Crippen LogP contribution in [0, 0.1) is 0 Å². The van der Waals surface area contributed by atoms with Gasteiger partial charge in [0.2, 0.25) is 0 Å². The number of H-pyrrole nitrogens is 1. The second-order valence-corrected chi connectivity index (χ2v) is 17.5. The Morgan fingerprint density at radius 2 is 1.12 bits per heavy atom. The fourth-order valence-electron chi connectivity index (χ4n) is 8.64. The van der Waals surface area contributed by atoms with E-state index in [-0.39, 0.29) is 0 Å². The summed E-state index contributed by atoms with van der Waals surface area (Å²) in [5.74, 6) is 0.715. The van der Waals surface area contributed by atoms with E-state index in [1.54, 1.807) is 0 Å². The Balaban J connectivity index is 1.14. The first-order valence-electron chi connectivity index (χ1n) is 18.0. The van der Waals surface area contributed by atoms with Crippen molar-refractivity contribution in [2.24, 2.45) is 0 Å². The average molecular weight is 682 g/mol. The fraction of sp³-hybridized carbons (Fsp3) is 0.0417. The number of nitrogens with one attached hydrogen (secondary N) is 1. The molecule has 0 bridgehead atoms. The van der Waals surface area contributed by atoms with Crippen molar-refractivity contribution in [3.05, 3.63) is 193 Å². The Morgan fingerprint density at radius 1 is 0.500 bits per heavy atom. The molecule has 1 aliphatic carbocycles. The van der Waals surface area contributed by atoms with Crippen molar-refractivity contribution in [3.8, 4) is 33.8 Å².